The lowest BCUT2D eigenvalue weighted by Crippen LogP contribution is -2.30. The first-order valence-electron chi connectivity index (χ1n) is 8.24. The minimum atomic E-state index is -0.379. The molecule has 0 aromatic carbocycles. The van der Waals surface area contributed by atoms with Gasteiger partial charge in [0.2, 0.25) is 5.78 Å². The predicted molar refractivity (Wildman–Crippen MR) is 94.0 cm³/mol. The summed E-state index contributed by atoms with van der Waals surface area (Å²) in [5.41, 5.74) is 2.49. The monoisotopic (exact) mass is 318 g/mol. The van der Waals surface area contributed by atoms with E-state index in [0.29, 0.717) is 22.6 Å². The van der Waals surface area contributed by atoms with Gasteiger partial charge in [0, 0.05) is 16.7 Å². The van der Waals surface area contributed by atoms with Gasteiger partial charge in [0.1, 0.15) is 0 Å². The number of carbonyl (C=O) groups excluding carboxylic acids is 2. The van der Waals surface area contributed by atoms with E-state index in [-0.39, 0.29) is 22.7 Å². The van der Waals surface area contributed by atoms with Crippen LogP contribution in [0, 0.1) is 11.3 Å². The van der Waals surface area contributed by atoms with Gasteiger partial charge in [-0.25, -0.2) is 0 Å². The molecule has 3 nitrogen and oxygen atoms in total. The number of ether oxygens (including phenoxy) is 1. The standard InChI is InChI=1S/C20H30O3/c1-12(2)11-13(3)9-10-20(6,7)16-14(4)18(22)19(23-8)15(5)17(16)21/h9,12H,10-11H2,1-8H3/b13-9+. The number of hydrogen-bond donors (Lipinski definition) is 0. The molecule has 23 heavy (non-hydrogen) atoms. The Morgan fingerprint density at radius 1 is 1.13 bits per heavy atom. The van der Waals surface area contributed by atoms with Crippen LogP contribution >= 0.6 is 0 Å². The first kappa shape index (κ1) is 19.4. The smallest absolute Gasteiger partial charge is 0.224 e. The second-order valence-electron chi connectivity index (χ2n) is 7.55. The van der Waals surface area contributed by atoms with Crippen molar-refractivity contribution in [3.63, 3.8) is 0 Å². The molecule has 0 atom stereocenters. The van der Waals surface area contributed by atoms with Crippen molar-refractivity contribution in [2.45, 2.75) is 61.3 Å². The van der Waals surface area contributed by atoms with Crippen molar-refractivity contribution < 1.29 is 14.3 Å². The number of Topliss-reactive ketones (excluding diaryl/α,β-unsaturated/α-hetero) is 2. The van der Waals surface area contributed by atoms with E-state index in [2.05, 4.69) is 26.8 Å². The highest BCUT2D eigenvalue weighted by atomic mass is 16.5. The molecular weight excluding hydrogens is 288 g/mol. The number of allylic oxidation sites excluding steroid dienone is 5. The minimum absolute atomic E-state index is 0.0705. The summed E-state index contributed by atoms with van der Waals surface area (Å²) in [4.78, 5) is 25.2. The largest absolute Gasteiger partial charge is 0.492 e. The van der Waals surface area contributed by atoms with Crippen LogP contribution in [0.5, 0.6) is 0 Å². The third-order valence-electron chi connectivity index (χ3n) is 4.40. The zero-order valence-electron chi connectivity index (χ0n) is 15.8. The Morgan fingerprint density at radius 2 is 1.70 bits per heavy atom. The molecule has 1 aliphatic rings. The lowest BCUT2D eigenvalue weighted by atomic mass is 9.72. The van der Waals surface area contributed by atoms with Crippen LogP contribution in [0.25, 0.3) is 0 Å². The van der Waals surface area contributed by atoms with E-state index in [1.54, 1.807) is 13.8 Å². The van der Waals surface area contributed by atoms with Gasteiger partial charge in [-0.3, -0.25) is 9.59 Å². The van der Waals surface area contributed by atoms with E-state index < -0.39 is 0 Å². The Labute approximate surface area is 140 Å². The van der Waals surface area contributed by atoms with E-state index in [1.165, 1.54) is 12.7 Å². The minimum Gasteiger partial charge on any atom is -0.492 e. The van der Waals surface area contributed by atoms with Gasteiger partial charge >= 0.3 is 0 Å². The van der Waals surface area contributed by atoms with E-state index in [4.69, 9.17) is 4.74 Å². The van der Waals surface area contributed by atoms with E-state index in [0.717, 1.165) is 12.8 Å². The van der Waals surface area contributed by atoms with E-state index in [9.17, 15) is 9.59 Å². The lowest BCUT2D eigenvalue weighted by molar-refractivity contribution is -0.119. The van der Waals surface area contributed by atoms with Gasteiger partial charge in [-0.2, -0.15) is 0 Å². The van der Waals surface area contributed by atoms with Gasteiger partial charge in [-0.15, -0.1) is 0 Å². The number of methoxy groups -OCH3 is 1. The van der Waals surface area contributed by atoms with Crippen molar-refractivity contribution in [2.24, 2.45) is 11.3 Å². The molecule has 0 radical (unpaired) electrons. The zero-order chi connectivity index (χ0) is 17.9. The predicted octanol–water partition coefficient (Wildman–Crippen LogP) is 4.78. The molecule has 0 aromatic heterocycles. The number of rotatable bonds is 6. The average molecular weight is 318 g/mol. The molecule has 1 aliphatic carbocycles. The van der Waals surface area contributed by atoms with Crippen LogP contribution in [0.2, 0.25) is 0 Å². The van der Waals surface area contributed by atoms with Gasteiger partial charge in [-0.05, 0) is 44.9 Å². The summed E-state index contributed by atoms with van der Waals surface area (Å²) in [6.07, 6.45) is 3.99. The summed E-state index contributed by atoms with van der Waals surface area (Å²) in [5, 5.41) is 0. The maximum absolute atomic E-state index is 12.8. The molecule has 0 fully saturated rings. The van der Waals surface area contributed by atoms with Gasteiger partial charge in [0.15, 0.2) is 11.5 Å². The first-order valence-corrected chi connectivity index (χ1v) is 8.24. The van der Waals surface area contributed by atoms with Crippen molar-refractivity contribution in [2.75, 3.05) is 7.11 Å². The second-order valence-corrected chi connectivity index (χ2v) is 7.55. The highest BCUT2D eigenvalue weighted by Gasteiger charge is 2.38. The van der Waals surface area contributed by atoms with E-state index in [1.807, 2.05) is 13.8 Å². The third-order valence-corrected chi connectivity index (χ3v) is 4.40. The van der Waals surface area contributed by atoms with Crippen LogP contribution in [0.15, 0.2) is 34.1 Å². The lowest BCUT2D eigenvalue weighted by Gasteiger charge is -2.31. The van der Waals surface area contributed by atoms with Crippen molar-refractivity contribution in [1.82, 2.24) is 0 Å². The number of ketones is 2. The number of hydrogen-bond acceptors (Lipinski definition) is 3. The van der Waals surface area contributed by atoms with Crippen LogP contribution in [-0.2, 0) is 14.3 Å². The molecular formula is C20H30O3. The Kier molecular flexibility index (Phi) is 6.15. The Bertz CT molecular complexity index is 598. The molecule has 0 saturated heterocycles. The molecule has 3 heteroatoms. The molecule has 0 N–H and O–H groups in total. The normalized spacial score (nSPS) is 17.5. The van der Waals surface area contributed by atoms with Crippen LogP contribution in [0.1, 0.15) is 61.3 Å². The molecule has 0 amide bonds. The van der Waals surface area contributed by atoms with Crippen LogP contribution in [0.4, 0.5) is 0 Å². The zero-order valence-corrected chi connectivity index (χ0v) is 15.8. The van der Waals surface area contributed by atoms with Crippen molar-refractivity contribution in [1.29, 1.82) is 0 Å². The molecule has 128 valence electrons. The Balaban J connectivity index is 3.15. The average Bonchev–Trinajstić information content (AvgIpc) is 2.43. The highest BCUT2D eigenvalue weighted by Crippen LogP contribution is 2.39. The summed E-state index contributed by atoms with van der Waals surface area (Å²) >= 11 is 0. The molecule has 0 spiro atoms. The fourth-order valence-electron chi connectivity index (χ4n) is 3.23. The molecule has 0 aromatic rings. The maximum atomic E-state index is 12.8. The SMILES string of the molecule is COC1=C(C)C(=O)C(C(C)(C)C/C=C(\C)CC(C)C)=C(C)C1=O. The summed E-state index contributed by atoms with van der Waals surface area (Å²) in [6, 6.07) is 0. The Hall–Kier alpha value is -1.64. The summed E-state index contributed by atoms with van der Waals surface area (Å²) < 4.78 is 5.12. The van der Waals surface area contributed by atoms with Crippen molar-refractivity contribution in [3.05, 3.63) is 34.1 Å². The molecule has 1 rings (SSSR count). The topological polar surface area (TPSA) is 43.4 Å². The van der Waals surface area contributed by atoms with E-state index >= 15 is 0 Å². The molecule has 0 unspecified atom stereocenters. The molecule has 0 heterocycles. The fraction of sp³-hybridized carbons (Fsp3) is 0.600. The van der Waals surface area contributed by atoms with Crippen LogP contribution < -0.4 is 0 Å². The van der Waals surface area contributed by atoms with Gasteiger partial charge in [0.05, 0.1) is 7.11 Å². The van der Waals surface area contributed by atoms with Gasteiger partial charge in [0.25, 0.3) is 0 Å². The molecule has 0 bridgehead atoms. The quantitative estimate of drug-likeness (QED) is 0.522. The first-order chi connectivity index (χ1) is 10.5. The number of carbonyl (C=O) groups is 2. The molecule has 0 aliphatic heterocycles. The van der Waals surface area contributed by atoms with Crippen LogP contribution in [-0.4, -0.2) is 18.7 Å². The summed E-state index contributed by atoms with van der Waals surface area (Å²) in [5.74, 6) is 0.552. The van der Waals surface area contributed by atoms with Crippen molar-refractivity contribution >= 4 is 11.6 Å². The third kappa shape index (κ3) is 4.21. The maximum Gasteiger partial charge on any atom is 0.224 e. The van der Waals surface area contributed by atoms with Gasteiger partial charge < -0.3 is 4.74 Å². The van der Waals surface area contributed by atoms with Gasteiger partial charge in [-0.1, -0.05) is 39.3 Å². The fourth-order valence-corrected chi connectivity index (χ4v) is 3.23. The molecule has 0 saturated carbocycles. The second kappa shape index (κ2) is 7.29. The van der Waals surface area contributed by atoms with Crippen molar-refractivity contribution in [3.8, 4) is 0 Å². The van der Waals surface area contributed by atoms with Crippen LogP contribution in [0.3, 0.4) is 0 Å². The summed E-state index contributed by atoms with van der Waals surface area (Å²) in [7, 11) is 1.44. The highest BCUT2D eigenvalue weighted by molar-refractivity contribution is 6.24. The Morgan fingerprint density at radius 3 is 2.17 bits per heavy atom. The summed E-state index contributed by atoms with van der Waals surface area (Å²) in [6.45, 7) is 14.0.